The molecule has 17 heavy (non-hydrogen) atoms. The highest BCUT2D eigenvalue weighted by Gasteiger charge is 2.08. The third kappa shape index (κ3) is 2.66. The largest absolute Gasteiger partial charge is 0.396 e. The van der Waals surface area contributed by atoms with Crippen LogP contribution < -0.4 is 0 Å². The Morgan fingerprint density at radius 1 is 1.29 bits per heavy atom. The number of hydrogen-bond donors (Lipinski definition) is 1. The van der Waals surface area contributed by atoms with Crippen molar-refractivity contribution in [1.82, 2.24) is 15.0 Å². The predicted molar refractivity (Wildman–Crippen MR) is 70.9 cm³/mol. The van der Waals surface area contributed by atoms with Gasteiger partial charge in [-0.15, -0.1) is 5.10 Å². The first-order valence-electron chi connectivity index (χ1n) is 5.83. The van der Waals surface area contributed by atoms with Crippen LogP contribution in [0.15, 0.2) is 16.6 Å². The summed E-state index contributed by atoms with van der Waals surface area (Å²) in [6.45, 7) is 3.17. The third-order valence-electron chi connectivity index (χ3n) is 2.90. The van der Waals surface area contributed by atoms with Crippen molar-refractivity contribution >= 4 is 27.0 Å². The summed E-state index contributed by atoms with van der Waals surface area (Å²) in [4.78, 5) is 0. The molecule has 92 valence electrons. The summed E-state index contributed by atoms with van der Waals surface area (Å²) in [5.74, 6) is 0. The number of fused-ring (bicyclic) bond motifs is 1. The van der Waals surface area contributed by atoms with E-state index in [1.807, 2.05) is 23.7 Å². The van der Waals surface area contributed by atoms with Crippen LogP contribution in [0.3, 0.4) is 0 Å². The summed E-state index contributed by atoms with van der Waals surface area (Å²) < 4.78 is 3.00. The average molecular weight is 298 g/mol. The fourth-order valence-electron chi connectivity index (χ4n) is 1.86. The van der Waals surface area contributed by atoms with Crippen LogP contribution in [0.1, 0.15) is 24.8 Å². The smallest absolute Gasteiger partial charge is 0.117 e. The Hall–Kier alpha value is -0.940. The van der Waals surface area contributed by atoms with Gasteiger partial charge in [0.25, 0.3) is 0 Å². The van der Waals surface area contributed by atoms with Crippen LogP contribution in [0, 0.1) is 6.92 Å². The molecule has 0 unspecified atom stereocenters. The number of nitrogens with zero attached hydrogens (tertiary/aromatic N) is 3. The predicted octanol–water partition coefficient (Wildman–Crippen LogP) is 2.66. The minimum Gasteiger partial charge on any atom is -0.396 e. The van der Waals surface area contributed by atoms with Gasteiger partial charge in [-0.05, 0) is 43.9 Å². The Morgan fingerprint density at radius 2 is 2.12 bits per heavy atom. The quantitative estimate of drug-likeness (QED) is 0.863. The standard InChI is InChI=1S/C12H16BrN3O/c1-9-10(13)5-6-11-12(9)14-15-16(11)7-3-2-4-8-17/h5-6,17H,2-4,7-8H2,1H3. The Labute approximate surface area is 109 Å². The van der Waals surface area contributed by atoms with E-state index in [0.29, 0.717) is 0 Å². The van der Waals surface area contributed by atoms with Gasteiger partial charge >= 0.3 is 0 Å². The maximum absolute atomic E-state index is 8.72. The van der Waals surface area contributed by atoms with Crippen LogP contribution in [0.2, 0.25) is 0 Å². The molecule has 0 aliphatic carbocycles. The lowest BCUT2D eigenvalue weighted by atomic mass is 10.2. The van der Waals surface area contributed by atoms with Gasteiger partial charge < -0.3 is 5.11 Å². The second kappa shape index (κ2) is 5.60. The Balaban J connectivity index is 2.16. The molecule has 1 heterocycles. The van der Waals surface area contributed by atoms with Gasteiger partial charge in [-0.3, -0.25) is 0 Å². The van der Waals surface area contributed by atoms with Crippen LogP contribution >= 0.6 is 15.9 Å². The Bertz CT molecular complexity index is 510. The van der Waals surface area contributed by atoms with E-state index in [0.717, 1.165) is 46.9 Å². The molecule has 2 aromatic rings. The Morgan fingerprint density at radius 3 is 2.88 bits per heavy atom. The number of halogens is 1. The molecule has 0 amide bonds. The van der Waals surface area contributed by atoms with E-state index in [4.69, 9.17) is 5.11 Å². The molecule has 4 nitrogen and oxygen atoms in total. The first-order valence-corrected chi connectivity index (χ1v) is 6.62. The van der Waals surface area contributed by atoms with Crippen molar-refractivity contribution in [2.45, 2.75) is 32.7 Å². The van der Waals surface area contributed by atoms with Crippen LogP contribution in [0.25, 0.3) is 11.0 Å². The van der Waals surface area contributed by atoms with Crippen LogP contribution in [0.5, 0.6) is 0 Å². The summed E-state index contributed by atoms with van der Waals surface area (Å²) in [6, 6.07) is 4.07. The van der Waals surface area contributed by atoms with Gasteiger partial charge in [-0.2, -0.15) is 0 Å². The van der Waals surface area contributed by atoms with Crippen molar-refractivity contribution in [2.24, 2.45) is 0 Å². The van der Waals surface area contributed by atoms with Crippen molar-refractivity contribution < 1.29 is 5.11 Å². The molecule has 0 spiro atoms. The van der Waals surface area contributed by atoms with Gasteiger partial charge in [0, 0.05) is 17.6 Å². The molecule has 0 saturated carbocycles. The number of aromatic nitrogens is 3. The van der Waals surface area contributed by atoms with Crippen molar-refractivity contribution in [3.8, 4) is 0 Å². The maximum atomic E-state index is 8.72. The zero-order chi connectivity index (χ0) is 12.3. The van der Waals surface area contributed by atoms with E-state index in [-0.39, 0.29) is 6.61 Å². The molecule has 0 aliphatic heterocycles. The highest BCUT2D eigenvalue weighted by atomic mass is 79.9. The molecular weight excluding hydrogens is 282 g/mol. The van der Waals surface area contributed by atoms with Crippen LogP contribution in [-0.4, -0.2) is 26.7 Å². The van der Waals surface area contributed by atoms with Gasteiger partial charge in [-0.25, -0.2) is 4.68 Å². The number of rotatable bonds is 5. The summed E-state index contributed by atoms with van der Waals surface area (Å²) in [5.41, 5.74) is 3.17. The van der Waals surface area contributed by atoms with Gasteiger partial charge in [0.05, 0.1) is 5.52 Å². The molecule has 1 aromatic carbocycles. The van der Waals surface area contributed by atoms with Gasteiger partial charge in [0.2, 0.25) is 0 Å². The number of aryl methyl sites for hydroxylation is 2. The Kier molecular flexibility index (Phi) is 4.12. The highest BCUT2D eigenvalue weighted by Crippen LogP contribution is 2.23. The number of aliphatic hydroxyl groups is 1. The first kappa shape index (κ1) is 12.5. The minimum absolute atomic E-state index is 0.268. The first-order chi connectivity index (χ1) is 8.24. The zero-order valence-corrected chi connectivity index (χ0v) is 11.4. The summed E-state index contributed by atoms with van der Waals surface area (Å²) in [7, 11) is 0. The van der Waals surface area contributed by atoms with Crippen molar-refractivity contribution in [3.63, 3.8) is 0 Å². The van der Waals surface area contributed by atoms with E-state index >= 15 is 0 Å². The lowest BCUT2D eigenvalue weighted by Crippen LogP contribution is -2.00. The molecule has 5 heteroatoms. The molecule has 1 aromatic heterocycles. The van der Waals surface area contributed by atoms with Gasteiger partial charge in [0.1, 0.15) is 5.52 Å². The molecule has 0 fully saturated rings. The number of benzene rings is 1. The molecule has 0 saturated heterocycles. The molecule has 2 rings (SSSR count). The lowest BCUT2D eigenvalue weighted by molar-refractivity contribution is 0.281. The zero-order valence-electron chi connectivity index (χ0n) is 9.86. The van der Waals surface area contributed by atoms with Crippen LogP contribution in [-0.2, 0) is 6.54 Å². The normalized spacial score (nSPS) is 11.2. The second-order valence-corrected chi connectivity index (χ2v) is 4.99. The van der Waals surface area contributed by atoms with E-state index < -0.39 is 0 Å². The van der Waals surface area contributed by atoms with E-state index in [9.17, 15) is 0 Å². The van der Waals surface area contributed by atoms with Crippen LogP contribution in [0.4, 0.5) is 0 Å². The molecule has 0 bridgehead atoms. The lowest BCUT2D eigenvalue weighted by Gasteiger charge is -2.03. The van der Waals surface area contributed by atoms with Gasteiger partial charge in [0.15, 0.2) is 0 Å². The number of unbranched alkanes of at least 4 members (excludes halogenated alkanes) is 2. The summed E-state index contributed by atoms with van der Waals surface area (Å²) in [5, 5.41) is 17.1. The van der Waals surface area contributed by atoms with E-state index in [1.165, 1.54) is 0 Å². The number of hydrogen-bond acceptors (Lipinski definition) is 3. The van der Waals surface area contributed by atoms with Crippen molar-refractivity contribution in [3.05, 3.63) is 22.2 Å². The topological polar surface area (TPSA) is 50.9 Å². The second-order valence-electron chi connectivity index (χ2n) is 4.14. The number of aliphatic hydroxyl groups excluding tert-OH is 1. The monoisotopic (exact) mass is 297 g/mol. The minimum atomic E-state index is 0.268. The fraction of sp³-hybridized carbons (Fsp3) is 0.500. The third-order valence-corrected chi connectivity index (χ3v) is 3.76. The highest BCUT2D eigenvalue weighted by molar-refractivity contribution is 9.10. The maximum Gasteiger partial charge on any atom is 0.117 e. The molecular formula is C12H16BrN3O. The summed E-state index contributed by atoms with van der Waals surface area (Å²) in [6.07, 6.45) is 2.90. The SMILES string of the molecule is Cc1c(Br)ccc2c1nnn2CCCCCO. The summed E-state index contributed by atoms with van der Waals surface area (Å²) >= 11 is 3.49. The average Bonchev–Trinajstić information content (AvgIpc) is 2.73. The van der Waals surface area contributed by atoms with Crippen molar-refractivity contribution in [1.29, 1.82) is 0 Å². The fourth-order valence-corrected chi connectivity index (χ4v) is 2.18. The van der Waals surface area contributed by atoms with E-state index in [1.54, 1.807) is 0 Å². The molecule has 0 radical (unpaired) electrons. The molecule has 1 N–H and O–H groups in total. The van der Waals surface area contributed by atoms with Gasteiger partial charge in [-0.1, -0.05) is 21.1 Å². The van der Waals surface area contributed by atoms with E-state index in [2.05, 4.69) is 26.2 Å². The molecule has 0 atom stereocenters. The molecule has 0 aliphatic rings. The van der Waals surface area contributed by atoms with Crippen molar-refractivity contribution in [2.75, 3.05) is 6.61 Å².